The van der Waals surface area contributed by atoms with Crippen molar-refractivity contribution in [2.75, 3.05) is 6.61 Å². The number of hydrogen-bond acceptors (Lipinski definition) is 4. The molecule has 5 rings (SSSR count). The lowest BCUT2D eigenvalue weighted by Crippen LogP contribution is -2.47. The summed E-state index contributed by atoms with van der Waals surface area (Å²) in [6.45, 7) is 2.17. The quantitative estimate of drug-likeness (QED) is 0.453. The summed E-state index contributed by atoms with van der Waals surface area (Å²) in [6.07, 6.45) is 12.1. The van der Waals surface area contributed by atoms with Crippen molar-refractivity contribution in [3.05, 3.63) is 12.2 Å². The van der Waals surface area contributed by atoms with Gasteiger partial charge in [0, 0.05) is 0 Å². The molecule has 4 aliphatic carbocycles. The number of rotatable bonds is 4. The highest BCUT2D eigenvalue weighted by Crippen LogP contribution is 2.61. The molecular formula is C18H26O4. The highest BCUT2D eigenvalue weighted by Gasteiger charge is 2.51. The summed E-state index contributed by atoms with van der Waals surface area (Å²) in [4.78, 5) is 22.5. The van der Waals surface area contributed by atoms with Crippen LogP contribution in [0.5, 0.6) is 0 Å². The number of ether oxygens (including phenoxy) is 1. The van der Waals surface area contributed by atoms with Crippen LogP contribution in [0, 0.1) is 23.2 Å². The third-order valence-electron chi connectivity index (χ3n) is 6.02. The smallest absolute Gasteiger partial charge is 0.306 e. The molecule has 122 valence electrons. The molecule has 0 spiro atoms. The maximum atomic E-state index is 12.3. The molecule has 0 aromatic heterocycles. The van der Waals surface area contributed by atoms with Gasteiger partial charge in [-0.1, -0.05) is 12.2 Å². The van der Waals surface area contributed by atoms with Crippen LogP contribution >= 0.6 is 0 Å². The summed E-state index contributed by atoms with van der Waals surface area (Å²) in [7, 11) is 0. The molecule has 22 heavy (non-hydrogen) atoms. The first-order valence-corrected chi connectivity index (χ1v) is 8.76. The lowest BCUT2D eigenvalue weighted by molar-refractivity contribution is -0.340. The molecule has 5 aliphatic rings. The second kappa shape index (κ2) is 5.64. The molecular weight excluding hydrogens is 280 g/mol. The Labute approximate surface area is 132 Å². The summed E-state index contributed by atoms with van der Waals surface area (Å²) in [5.41, 5.74) is 0.250. The monoisotopic (exact) mass is 306 g/mol. The van der Waals surface area contributed by atoms with Crippen molar-refractivity contribution in [3.63, 3.8) is 0 Å². The second-order valence-electron chi connectivity index (χ2n) is 8.10. The van der Waals surface area contributed by atoms with Crippen molar-refractivity contribution in [1.82, 2.24) is 0 Å². The van der Waals surface area contributed by atoms with Crippen LogP contribution in [0.3, 0.4) is 0 Å². The molecule has 4 saturated carbocycles. The van der Waals surface area contributed by atoms with Gasteiger partial charge in [-0.15, -0.1) is 0 Å². The first kappa shape index (κ1) is 14.7. The van der Waals surface area contributed by atoms with Crippen LogP contribution in [0.25, 0.3) is 0 Å². The standard InChI is InChI=1S/C18H26O4/c1-12-2-3-16(22-21-12)11-20-17(19)10-18-7-13-4-14(8-18)6-15(5-13)9-18/h2-3,12-16H,4-11H2,1H3/t12-,13?,14?,15?,16-,18?/m1/s1. The highest BCUT2D eigenvalue weighted by molar-refractivity contribution is 5.70. The Morgan fingerprint density at radius 1 is 1.09 bits per heavy atom. The minimum atomic E-state index is -0.267. The van der Waals surface area contributed by atoms with Crippen molar-refractivity contribution < 1.29 is 19.3 Å². The topological polar surface area (TPSA) is 44.8 Å². The molecule has 1 aliphatic heterocycles. The molecule has 0 radical (unpaired) electrons. The van der Waals surface area contributed by atoms with Gasteiger partial charge in [0.2, 0.25) is 0 Å². The van der Waals surface area contributed by atoms with Gasteiger partial charge in [-0.2, -0.15) is 0 Å². The Hall–Kier alpha value is -0.870. The molecule has 0 amide bonds. The lowest BCUT2D eigenvalue weighted by atomic mass is 9.49. The van der Waals surface area contributed by atoms with Gasteiger partial charge in [-0.05, 0) is 68.6 Å². The van der Waals surface area contributed by atoms with Gasteiger partial charge in [-0.3, -0.25) is 4.79 Å². The summed E-state index contributed by atoms with van der Waals surface area (Å²) < 4.78 is 5.46. The molecule has 2 atom stereocenters. The molecule has 4 fully saturated rings. The molecule has 4 heteroatoms. The van der Waals surface area contributed by atoms with Crippen LogP contribution in [0.4, 0.5) is 0 Å². The van der Waals surface area contributed by atoms with E-state index in [2.05, 4.69) is 0 Å². The molecule has 4 bridgehead atoms. The predicted molar refractivity (Wildman–Crippen MR) is 80.7 cm³/mol. The maximum Gasteiger partial charge on any atom is 0.306 e. The number of carbonyl (C=O) groups is 1. The van der Waals surface area contributed by atoms with Gasteiger partial charge < -0.3 is 4.74 Å². The normalized spacial score (nSPS) is 46.0. The number of carbonyl (C=O) groups excluding carboxylic acids is 1. The fourth-order valence-corrected chi connectivity index (χ4v) is 5.63. The lowest BCUT2D eigenvalue weighted by Gasteiger charge is -2.56. The molecule has 0 N–H and O–H groups in total. The van der Waals surface area contributed by atoms with Gasteiger partial charge in [0.05, 0.1) is 6.42 Å². The molecule has 4 nitrogen and oxygen atoms in total. The Bertz CT molecular complexity index is 434. The van der Waals surface area contributed by atoms with Crippen LogP contribution in [-0.2, 0) is 19.3 Å². The van der Waals surface area contributed by atoms with E-state index in [1.54, 1.807) is 0 Å². The predicted octanol–water partition coefficient (Wildman–Crippen LogP) is 3.41. The Balaban J connectivity index is 1.30. The van der Waals surface area contributed by atoms with E-state index in [0.29, 0.717) is 6.42 Å². The zero-order valence-corrected chi connectivity index (χ0v) is 13.3. The van der Waals surface area contributed by atoms with Crippen LogP contribution in [0.15, 0.2) is 12.2 Å². The van der Waals surface area contributed by atoms with E-state index >= 15 is 0 Å². The van der Waals surface area contributed by atoms with Crippen molar-refractivity contribution in [1.29, 1.82) is 0 Å². The minimum absolute atomic E-state index is 0.0287. The van der Waals surface area contributed by atoms with Gasteiger partial charge in [0.15, 0.2) is 0 Å². The van der Waals surface area contributed by atoms with Gasteiger partial charge in [0.1, 0.15) is 18.8 Å². The first-order chi connectivity index (χ1) is 10.6. The van der Waals surface area contributed by atoms with Gasteiger partial charge >= 0.3 is 5.97 Å². The highest BCUT2D eigenvalue weighted by atomic mass is 17.2. The van der Waals surface area contributed by atoms with Crippen molar-refractivity contribution >= 4 is 5.97 Å². The van der Waals surface area contributed by atoms with Crippen molar-refractivity contribution in [2.45, 2.75) is 64.1 Å². The maximum absolute atomic E-state index is 12.3. The largest absolute Gasteiger partial charge is 0.462 e. The van der Waals surface area contributed by atoms with Crippen LogP contribution in [0.1, 0.15) is 51.9 Å². The summed E-state index contributed by atoms with van der Waals surface area (Å²) in [6, 6.07) is 0. The zero-order valence-electron chi connectivity index (χ0n) is 13.3. The SMILES string of the molecule is C[C@@H]1C=C[C@H](COC(=O)CC23CC4CC(CC(C4)C2)C3)OO1. The van der Waals surface area contributed by atoms with E-state index in [0.717, 1.165) is 17.8 Å². The summed E-state index contributed by atoms with van der Waals surface area (Å²) in [5.74, 6) is 2.56. The Kier molecular flexibility index (Phi) is 3.77. The first-order valence-electron chi connectivity index (χ1n) is 8.76. The molecule has 0 aromatic carbocycles. The summed E-state index contributed by atoms with van der Waals surface area (Å²) >= 11 is 0. The average molecular weight is 306 g/mol. The number of hydrogen-bond donors (Lipinski definition) is 0. The van der Waals surface area contributed by atoms with Crippen LogP contribution in [0.2, 0.25) is 0 Å². The Morgan fingerprint density at radius 2 is 1.73 bits per heavy atom. The number of esters is 1. The second-order valence-corrected chi connectivity index (χ2v) is 8.10. The van der Waals surface area contributed by atoms with Crippen molar-refractivity contribution in [3.8, 4) is 0 Å². The molecule has 0 aromatic rings. The molecule has 0 saturated heterocycles. The van der Waals surface area contributed by atoms with E-state index in [9.17, 15) is 4.79 Å². The molecule has 1 heterocycles. The third kappa shape index (κ3) is 2.95. The Morgan fingerprint density at radius 3 is 2.27 bits per heavy atom. The van der Waals surface area contributed by atoms with Crippen molar-refractivity contribution in [2.24, 2.45) is 23.2 Å². The van der Waals surface area contributed by atoms with Crippen LogP contribution < -0.4 is 0 Å². The van der Waals surface area contributed by atoms with Crippen LogP contribution in [-0.4, -0.2) is 24.8 Å². The zero-order chi connectivity index (χ0) is 15.2. The fourth-order valence-electron chi connectivity index (χ4n) is 5.63. The minimum Gasteiger partial charge on any atom is -0.462 e. The van der Waals surface area contributed by atoms with E-state index in [4.69, 9.17) is 14.5 Å². The molecule has 0 unspecified atom stereocenters. The van der Waals surface area contributed by atoms with E-state index in [1.807, 2.05) is 19.1 Å². The van der Waals surface area contributed by atoms with E-state index < -0.39 is 0 Å². The van der Waals surface area contributed by atoms with Gasteiger partial charge in [-0.25, -0.2) is 9.78 Å². The van der Waals surface area contributed by atoms with Gasteiger partial charge in [0.25, 0.3) is 0 Å². The van der Waals surface area contributed by atoms with E-state index in [1.165, 1.54) is 38.5 Å². The third-order valence-corrected chi connectivity index (χ3v) is 6.02. The summed E-state index contributed by atoms with van der Waals surface area (Å²) in [5, 5.41) is 0. The van der Waals surface area contributed by atoms with E-state index in [-0.39, 0.29) is 30.2 Å². The fraction of sp³-hybridized carbons (Fsp3) is 0.833. The average Bonchev–Trinajstić information content (AvgIpc) is 2.44.